The van der Waals surface area contributed by atoms with Crippen LogP contribution in [-0.4, -0.2) is 28.4 Å². The van der Waals surface area contributed by atoms with E-state index in [-0.39, 0.29) is 17.4 Å². The highest BCUT2D eigenvalue weighted by Crippen LogP contribution is 2.12. The highest BCUT2D eigenvalue weighted by Gasteiger charge is 1.83. The number of hydrogen-bond donors (Lipinski definition) is 1. The molecule has 1 unspecified atom stereocenters. The fourth-order valence-electron chi connectivity index (χ4n) is 0.214. The third-order valence-corrected chi connectivity index (χ3v) is 1.39. The summed E-state index contributed by atoms with van der Waals surface area (Å²) in [4.78, 5) is 8.10. The second kappa shape index (κ2) is 6.72. The average Bonchev–Trinajstić information content (AvgIpc) is 1.35. The summed E-state index contributed by atoms with van der Waals surface area (Å²) in [5.41, 5.74) is 0. The fraction of sp³-hybridized carbons (Fsp3) is 1.00. The van der Waals surface area contributed by atoms with Crippen LogP contribution in [0, 0.1) is 0 Å². The van der Waals surface area contributed by atoms with Crippen LogP contribution in [0.1, 0.15) is 13.3 Å². The first-order valence-electron chi connectivity index (χ1n) is 1.99. The molecule has 0 aromatic carbocycles. The van der Waals surface area contributed by atoms with E-state index < -0.39 is 8.03 Å². The molecule has 0 rings (SSSR count). The normalized spacial score (nSPS) is 12.3. The maximum absolute atomic E-state index is 9.78. The lowest BCUT2D eigenvalue weighted by Gasteiger charge is -1.82. The van der Waals surface area contributed by atoms with Gasteiger partial charge in [-0.05, 0) is 6.42 Å². The zero-order valence-electron chi connectivity index (χ0n) is 3.77. The molecule has 4 heteroatoms. The minimum atomic E-state index is -2.14. The Morgan fingerprint density at radius 2 is 2.14 bits per heavy atom. The molecule has 0 heterocycles. The zero-order chi connectivity index (χ0) is 4.99. The molecule has 0 radical (unpaired) electrons. The molecule has 0 saturated heterocycles. The molecule has 0 amide bonds. The Hall–Kier alpha value is 0.722. The van der Waals surface area contributed by atoms with Gasteiger partial charge in [0.05, 0.1) is 0 Å². The summed E-state index contributed by atoms with van der Waals surface area (Å²) in [5, 5.41) is 0. The summed E-state index contributed by atoms with van der Waals surface area (Å²) in [5.74, 6) is 0. The molecule has 0 saturated carbocycles. The molecular formula is C3H12AlO2P. The van der Waals surface area contributed by atoms with Crippen LogP contribution in [0.25, 0.3) is 0 Å². The van der Waals surface area contributed by atoms with E-state index in [1.165, 1.54) is 0 Å². The molecule has 0 aliphatic heterocycles. The van der Waals surface area contributed by atoms with E-state index in [1.807, 2.05) is 6.92 Å². The standard InChI is InChI=1S/C3H9O2P.Al.3H/c1-2-3-6(4)5;;;;/h6H,2-3H2,1H3,(H,4,5);;;;. The van der Waals surface area contributed by atoms with Crippen LogP contribution in [0.3, 0.4) is 0 Å². The van der Waals surface area contributed by atoms with Gasteiger partial charge in [0, 0.05) is 6.16 Å². The Morgan fingerprint density at radius 1 is 1.71 bits per heavy atom. The predicted octanol–water partition coefficient (Wildman–Crippen LogP) is -0.321. The third-order valence-electron chi connectivity index (χ3n) is 0.464. The van der Waals surface area contributed by atoms with Crippen molar-refractivity contribution < 1.29 is 9.46 Å². The van der Waals surface area contributed by atoms with Crippen molar-refractivity contribution in [2.45, 2.75) is 13.3 Å². The lowest BCUT2D eigenvalue weighted by atomic mass is 10.6. The van der Waals surface area contributed by atoms with E-state index in [0.29, 0.717) is 6.16 Å². The van der Waals surface area contributed by atoms with Crippen LogP contribution >= 0.6 is 8.03 Å². The SMILES string of the molecule is CCC[PH](=O)O.[AlH3]. The molecule has 7 heavy (non-hydrogen) atoms. The van der Waals surface area contributed by atoms with Gasteiger partial charge < -0.3 is 4.89 Å². The molecule has 1 atom stereocenters. The van der Waals surface area contributed by atoms with E-state index >= 15 is 0 Å². The molecular weight excluding hydrogens is 126 g/mol. The van der Waals surface area contributed by atoms with Crippen LogP contribution in [0.5, 0.6) is 0 Å². The molecule has 0 aromatic rings. The Bertz CT molecular complexity index is 56.9. The predicted molar refractivity (Wildman–Crippen MR) is 36.3 cm³/mol. The first-order chi connectivity index (χ1) is 2.77. The Balaban J connectivity index is 0. The summed E-state index contributed by atoms with van der Waals surface area (Å²) in [6.45, 7) is 1.89. The van der Waals surface area contributed by atoms with Gasteiger partial charge in [-0.15, -0.1) is 0 Å². The highest BCUT2D eigenvalue weighted by molar-refractivity contribution is 7.37. The monoisotopic (exact) mass is 138 g/mol. The van der Waals surface area contributed by atoms with Crippen molar-refractivity contribution >= 4 is 25.4 Å². The van der Waals surface area contributed by atoms with E-state index in [1.54, 1.807) is 0 Å². The molecule has 0 aliphatic rings. The first kappa shape index (κ1) is 10.7. The van der Waals surface area contributed by atoms with E-state index in [4.69, 9.17) is 4.89 Å². The summed E-state index contributed by atoms with van der Waals surface area (Å²) in [6.07, 6.45) is 1.29. The van der Waals surface area contributed by atoms with Crippen molar-refractivity contribution in [2.75, 3.05) is 6.16 Å². The summed E-state index contributed by atoms with van der Waals surface area (Å²) in [6, 6.07) is 0. The van der Waals surface area contributed by atoms with Crippen molar-refractivity contribution in [3.05, 3.63) is 0 Å². The van der Waals surface area contributed by atoms with E-state index in [0.717, 1.165) is 6.42 Å². The minimum Gasteiger partial charge on any atom is -0.346 e. The number of rotatable bonds is 2. The van der Waals surface area contributed by atoms with Crippen LogP contribution < -0.4 is 0 Å². The molecule has 0 aromatic heterocycles. The van der Waals surface area contributed by atoms with Crippen LogP contribution in [0.15, 0.2) is 0 Å². The Kier molecular flexibility index (Phi) is 10.2. The van der Waals surface area contributed by atoms with Crippen molar-refractivity contribution in [3.63, 3.8) is 0 Å². The van der Waals surface area contributed by atoms with Crippen LogP contribution in [0.4, 0.5) is 0 Å². The van der Waals surface area contributed by atoms with Gasteiger partial charge >= 0.3 is 0 Å². The maximum Gasteiger partial charge on any atom is 0.189 e. The van der Waals surface area contributed by atoms with Gasteiger partial charge in [-0.1, -0.05) is 6.92 Å². The molecule has 2 nitrogen and oxygen atoms in total. The second-order valence-corrected chi connectivity index (χ2v) is 2.43. The Labute approximate surface area is 54.9 Å². The second-order valence-electron chi connectivity index (χ2n) is 1.14. The van der Waals surface area contributed by atoms with Gasteiger partial charge in [0.2, 0.25) is 0 Å². The van der Waals surface area contributed by atoms with E-state index in [2.05, 4.69) is 0 Å². The van der Waals surface area contributed by atoms with Crippen molar-refractivity contribution in [2.24, 2.45) is 0 Å². The topological polar surface area (TPSA) is 37.3 Å². The fourth-order valence-corrected chi connectivity index (χ4v) is 0.642. The average molecular weight is 138 g/mol. The molecule has 0 spiro atoms. The van der Waals surface area contributed by atoms with Crippen molar-refractivity contribution in [1.82, 2.24) is 0 Å². The maximum atomic E-state index is 9.78. The van der Waals surface area contributed by atoms with Crippen LogP contribution in [-0.2, 0) is 4.57 Å². The lowest BCUT2D eigenvalue weighted by Crippen LogP contribution is -1.67. The molecule has 0 aliphatic carbocycles. The van der Waals surface area contributed by atoms with Gasteiger partial charge in [-0.2, -0.15) is 0 Å². The third kappa shape index (κ3) is 10.8. The highest BCUT2D eigenvalue weighted by atomic mass is 31.1. The molecule has 1 N–H and O–H groups in total. The van der Waals surface area contributed by atoms with Gasteiger partial charge in [0.15, 0.2) is 25.4 Å². The van der Waals surface area contributed by atoms with Gasteiger partial charge in [0.25, 0.3) is 0 Å². The summed E-state index contributed by atoms with van der Waals surface area (Å²) < 4.78 is 9.78. The first-order valence-corrected chi connectivity index (χ1v) is 3.55. The van der Waals surface area contributed by atoms with Crippen LogP contribution in [0.2, 0.25) is 0 Å². The molecule has 0 fully saturated rings. The number of hydrogen-bond acceptors (Lipinski definition) is 1. The van der Waals surface area contributed by atoms with Gasteiger partial charge in [-0.3, -0.25) is 4.57 Å². The summed E-state index contributed by atoms with van der Waals surface area (Å²) >= 11 is 0. The summed E-state index contributed by atoms with van der Waals surface area (Å²) in [7, 11) is -2.14. The van der Waals surface area contributed by atoms with Gasteiger partial charge in [-0.25, -0.2) is 0 Å². The molecule has 44 valence electrons. The molecule has 0 bridgehead atoms. The van der Waals surface area contributed by atoms with Crippen molar-refractivity contribution in [1.29, 1.82) is 0 Å². The smallest absolute Gasteiger partial charge is 0.189 e. The quantitative estimate of drug-likeness (QED) is 0.419. The van der Waals surface area contributed by atoms with Gasteiger partial charge in [0.1, 0.15) is 0 Å². The van der Waals surface area contributed by atoms with E-state index in [9.17, 15) is 4.57 Å². The lowest BCUT2D eigenvalue weighted by molar-refractivity contribution is 0.502. The minimum absolute atomic E-state index is 0. The Morgan fingerprint density at radius 3 is 2.14 bits per heavy atom. The largest absolute Gasteiger partial charge is 0.346 e. The van der Waals surface area contributed by atoms with Crippen molar-refractivity contribution in [3.8, 4) is 0 Å². The zero-order valence-corrected chi connectivity index (χ0v) is 4.77.